The van der Waals surface area contributed by atoms with Crippen LogP contribution in [0.4, 0.5) is 13.2 Å². The van der Waals surface area contributed by atoms with Crippen molar-refractivity contribution >= 4 is 0 Å². The molecule has 0 amide bonds. The van der Waals surface area contributed by atoms with E-state index < -0.39 is 12.0 Å². The predicted octanol–water partition coefficient (Wildman–Crippen LogP) is 1.42. The van der Waals surface area contributed by atoms with E-state index in [1.165, 1.54) is 0 Å². The number of alkyl halides is 3. The number of nitrogens with zero attached hydrogens (tertiary/aromatic N) is 4. The fourth-order valence-corrected chi connectivity index (χ4v) is 3.19. The molecule has 3 rings (SSSR count). The number of rotatable bonds is 1. The Kier molecular flexibility index (Phi) is 3.45. The van der Waals surface area contributed by atoms with E-state index in [1.807, 2.05) is 4.90 Å². The minimum absolute atomic E-state index is 0.0311. The third kappa shape index (κ3) is 2.42. The largest absolute Gasteiger partial charge is 0.451 e. The van der Waals surface area contributed by atoms with E-state index >= 15 is 0 Å². The molecule has 112 valence electrons. The molecule has 1 aromatic heterocycles. The Morgan fingerprint density at radius 2 is 1.85 bits per heavy atom. The molecule has 1 fully saturated rings. The molecule has 0 radical (unpaired) electrons. The van der Waals surface area contributed by atoms with Crippen molar-refractivity contribution in [1.82, 2.24) is 19.7 Å². The van der Waals surface area contributed by atoms with Crippen molar-refractivity contribution in [3.63, 3.8) is 0 Å². The molecule has 0 spiro atoms. The lowest BCUT2D eigenvalue weighted by atomic mass is 9.91. The van der Waals surface area contributed by atoms with Gasteiger partial charge in [-0.2, -0.15) is 13.2 Å². The summed E-state index contributed by atoms with van der Waals surface area (Å²) in [6, 6.07) is 0.0311. The summed E-state index contributed by atoms with van der Waals surface area (Å²) in [7, 11) is 0. The molecule has 2 unspecified atom stereocenters. The maximum Gasteiger partial charge on any atom is 0.451 e. The molecule has 1 aromatic rings. The number of aromatic nitrogens is 3. The Hall–Kier alpha value is -1.15. The maximum absolute atomic E-state index is 12.7. The summed E-state index contributed by atoms with van der Waals surface area (Å²) in [5, 5.41) is 17.0. The average molecular weight is 290 g/mol. The van der Waals surface area contributed by atoms with Crippen LogP contribution in [0.2, 0.25) is 0 Å². The summed E-state index contributed by atoms with van der Waals surface area (Å²) >= 11 is 0. The fourth-order valence-electron chi connectivity index (χ4n) is 3.19. The fraction of sp³-hybridized carbons (Fsp3) is 0.833. The highest BCUT2D eigenvalue weighted by Crippen LogP contribution is 2.31. The van der Waals surface area contributed by atoms with E-state index in [2.05, 4.69) is 10.2 Å². The van der Waals surface area contributed by atoms with Crippen LogP contribution in [0.1, 0.15) is 37.3 Å². The van der Waals surface area contributed by atoms with Gasteiger partial charge in [-0.15, -0.1) is 10.2 Å². The highest BCUT2D eigenvalue weighted by Gasteiger charge is 2.40. The van der Waals surface area contributed by atoms with Crippen molar-refractivity contribution in [2.75, 3.05) is 6.54 Å². The number of hydrogen-bond acceptors (Lipinski definition) is 4. The molecular weight excluding hydrogens is 273 g/mol. The Morgan fingerprint density at radius 3 is 2.55 bits per heavy atom. The predicted molar refractivity (Wildman–Crippen MR) is 63.7 cm³/mol. The van der Waals surface area contributed by atoms with E-state index in [0.29, 0.717) is 18.9 Å². The lowest BCUT2D eigenvalue weighted by Crippen LogP contribution is -2.48. The van der Waals surface area contributed by atoms with Crippen molar-refractivity contribution in [2.24, 2.45) is 0 Å². The molecule has 1 aliphatic carbocycles. The van der Waals surface area contributed by atoms with Crippen LogP contribution in [0.5, 0.6) is 0 Å². The molecule has 0 aromatic carbocycles. The number of aliphatic hydroxyl groups excluding tert-OH is 1. The summed E-state index contributed by atoms with van der Waals surface area (Å²) in [5.41, 5.74) is 0. The molecule has 1 N–H and O–H groups in total. The first-order valence-electron chi connectivity index (χ1n) is 6.88. The monoisotopic (exact) mass is 290 g/mol. The van der Waals surface area contributed by atoms with Gasteiger partial charge in [0.25, 0.3) is 0 Å². The molecule has 0 saturated heterocycles. The van der Waals surface area contributed by atoms with Gasteiger partial charge in [-0.25, -0.2) is 0 Å². The first-order valence-corrected chi connectivity index (χ1v) is 6.88. The van der Waals surface area contributed by atoms with Crippen molar-refractivity contribution in [1.29, 1.82) is 0 Å². The standard InChI is InChI=1S/C12H17F3N4O/c13-12(14,15)11-17-16-10-7-18(5-6-19(10)11)8-3-1-2-4-9(8)20/h8-9,20H,1-7H2. The van der Waals surface area contributed by atoms with Gasteiger partial charge in [0.1, 0.15) is 5.82 Å². The molecule has 1 aliphatic heterocycles. The second-order valence-electron chi connectivity index (χ2n) is 5.48. The van der Waals surface area contributed by atoms with Crippen LogP contribution in [0.25, 0.3) is 0 Å². The zero-order chi connectivity index (χ0) is 14.3. The zero-order valence-corrected chi connectivity index (χ0v) is 11.0. The molecular formula is C12H17F3N4O. The number of fused-ring (bicyclic) bond motifs is 1. The van der Waals surface area contributed by atoms with Crippen molar-refractivity contribution in [2.45, 2.75) is 57.1 Å². The van der Waals surface area contributed by atoms with Crippen LogP contribution in [0.3, 0.4) is 0 Å². The van der Waals surface area contributed by atoms with Crippen LogP contribution < -0.4 is 0 Å². The van der Waals surface area contributed by atoms with Crippen molar-refractivity contribution < 1.29 is 18.3 Å². The number of aliphatic hydroxyl groups is 1. The van der Waals surface area contributed by atoms with Gasteiger partial charge in [-0.3, -0.25) is 4.90 Å². The molecule has 2 heterocycles. The van der Waals surface area contributed by atoms with E-state index in [9.17, 15) is 18.3 Å². The van der Waals surface area contributed by atoms with Crippen LogP contribution in [-0.4, -0.2) is 43.5 Å². The molecule has 8 heteroatoms. The van der Waals surface area contributed by atoms with Crippen LogP contribution in [-0.2, 0) is 19.3 Å². The summed E-state index contributed by atoms with van der Waals surface area (Å²) in [6.45, 7) is 1.04. The Bertz CT molecular complexity index is 488. The second-order valence-corrected chi connectivity index (χ2v) is 5.48. The molecule has 2 atom stereocenters. The molecule has 2 aliphatic rings. The van der Waals surface area contributed by atoms with Gasteiger partial charge in [-0.05, 0) is 12.8 Å². The SMILES string of the molecule is OC1CCCCC1N1CCn2c(nnc2C(F)(F)F)C1. The number of hydrogen-bond donors (Lipinski definition) is 1. The van der Waals surface area contributed by atoms with Crippen molar-refractivity contribution in [3.05, 3.63) is 11.6 Å². The van der Waals surface area contributed by atoms with Gasteiger partial charge >= 0.3 is 6.18 Å². The molecule has 20 heavy (non-hydrogen) atoms. The van der Waals surface area contributed by atoms with Gasteiger partial charge in [0.2, 0.25) is 5.82 Å². The molecule has 0 bridgehead atoms. The second kappa shape index (κ2) is 5.00. The highest BCUT2D eigenvalue weighted by atomic mass is 19.4. The van der Waals surface area contributed by atoms with Crippen LogP contribution in [0, 0.1) is 0 Å². The van der Waals surface area contributed by atoms with Gasteiger partial charge in [-0.1, -0.05) is 12.8 Å². The summed E-state index contributed by atoms with van der Waals surface area (Å²) in [5.74, 6) is -0.585. The quantitative estimate of drug-likeness (QED) is 0.850. The first-order chi connectivity index (χ1) is 9.47. The lowest BCUT2D eigenvalue weighted by Gasteiger charge is -2.39. The van der Waals surface area contributed by atoms with E-state index in [0.717, 1.165) is 30.3 Å². The summed E-state index contributed by atoms with van der Waals surface area (Å²) in [6.07, 6.45) is -1.13. The maximum atomic E-state index is 12.7. The van der Waals surface area contributed by atoms with Gasteiger partial charge in [0.05, 0.1) is 12.6 Å². The van der Waals surface area contributed by atoms with Gasteiger partial charge in [0.15, 0.2) is 0 Å². The first kappa shape index (κ1) is 13.8. The smallest absolute Gasteiger partial charge is 0.391 e. The summed E-state index contributed by atoms with van der Waals surface area (Å²) < 4.78 is 39.4. The Balaban J connectivity index is 1.78. The topological polar surface area (TPSA) is 54.2 Å². The number of halogens is 3. The normalized spacial score (nSPS) is 28.4. The van der Waals surface area contributed by atoms with E-state index in [4.69, 9.17) is 0 Å². The van der Waals surface area contributed by atoms with E-state index in [-0.39, 0.29) is 18.7 Å². The zero-order valence-electron chi connectivity index (χ0n) is 11.0. The third-order valence-electron chi connectivity index (χ3n) is 4.20. The van der Waals surface area contributed by atoms with Crippen LogP contribution in [0.15, 0.2) is 0 Å². The average Bonchev–Trinajstić information content (AvgIpc) is 2.82. The van der Waals surface area contributed by atoms with Crippen LogP contribution >= 0.6 is 0 Å². The minimum Gasteiger partial charge on any atom is -0.391 e. The van der Waals surface area contributed by atoms with Gasteiger partial charge < -0.3 is 9.67 Å². The highest BCUT2D eigenvalue weighted by molar-refractivity contribution is 5.03. The molecule has 1 saturated carbocycles. The van der Waals surface area contributed by atoms with E-state index in [1.54, 1.807) is 0 Å². The lowest BCUT2D eigenvalue weighted by molar-refractivity contribution is -0.148. The Morgan fingerprint density at radius 1 is 1.10 bits per heavy atom. The molecule has 5 nitrogen and oxygen atoms in total. The summed E-state index contributed by atoms with van der Waals surface area (Å²) in [4.78, 5) is 2.04. The third-order valence-corrected chi connectivity index (χ3v) is 4.20. The van der Waals surface area contributed by atoms with Gasteiger partial charge in [0, 0.05) is 19.1 Å². The Labute approximate surface area is 114 Å². The van der Waals surface area contributed by atoms with Crippen molar-refractivity contribution in [3.8, 4) is 0 Å². The minimum atomic E-state index is -4.46.